The predicted octanol–water partition coefficient (Wildman–Crippen LogP) is 2.89. The van der Waals surface area contributed by atoms with Crippen LogP contribution in [0.3, 0.4) is 0 Å². The van der Waals surface area contributed by atoms with Gasteiger partial charge >= 0.3 is 0 Å². The van der Waals surface area contributed by atoms with Crippen molar-refractivity contribution < 1.29 is 13.2 Å². The van der Waals surface area contributed by atoms with Crippen molar-refractivity contribution in [2.45, 2.75) is 11.8 Å². The molecule has 7 nitrogen and oxygen atoms in total. The Morgan fingerprint density at radius 2 is 1.82 bits per heavy atom. The summed E-state index contributed by atoms with van der Waals surface area (Å²) in [6, 6.07) is 5.76. The Kier molecular flexibility index (Phi) is 6.14. The van der Waals surface area contributed by atoms with Crippen molar-refractivity contribution in [1.29, 1.82) is 0 Å². The summed E-state index contributed by atoms with van der Waals surface area (Å²) in [5, 5.41) is 0.689. The second kappa shape index (κ2) is 8.24. The van der Waals surface area contributed by atoms with Crippen molar-refractivity contribution in [3.63, 3.8) is 0 Å². The molecule has 0 radical (unpaired) electrons. The monoisotopic (exact) mass is 442 g/mol. The maximum absolute atomic E-state index is 12.9. The fourth-order valence-electron chi connectivity index (χ4n) is 2.83. The number of hydrogen-bond acceptors (Lipinski definition) is 5. The Bertz CT molecular complexity index is 1010. The molecule has 1 aliphatic heterocycles. The van der Waals surface area contributed by atoms with Gasteiger partial charge in [0, 0.05) is 37.4 Å². The Hall–Kier alpha value is -1.87. The second-order valence-electron chi connectivity index (χ2n) is 6.66. The van der Waals surface area contributed by atoms with E-state index in [0.29, 0.717) is 23.7 Å². The Balaban J connectivity index is 1.92. The van der Waals surface area contributed by atoms with Gasteiger partial charge in [0.1, 0.15) is 0 Å². The molecule has 1 N–H and O–H groups in total. The first-order valence-electron chi connectivity index (χ1n) is 8.60. The largest absolute Gasteiger partial charge is 0.335 e. The number of nitrogens with one attached hydrogen (secondary N) is 1. The number of aromatic nitrogens is 1. The van der Waals surface area contributed by atoms with Crippen molar-refractivity contribution in [3.8, 4) is 0 Å². The van der Waals surface area contributed by atoms with Crippen LogP contribution in [-0.2, 0) is 10.0 Å². The first-order chi connectivity index (χ1) is 13.2. The third-order valence-corrected chi connectivity index (χ3v) is 6.53. The van der Waals surface area contributed by atoms with E-state index in [-0.39, 0.29) is 27.2 Å². The van der Waals surface area contributed by atoms with Crippen molar-refractivity contribution in [3.05, 3.63) is 51.8 Å². The maximum atomic E-state index is 12.9. The lowest BCUT2D eigenvalue weighted by molar-refractivity contribution is 0.0659. The van der Waals surface area contributed by atoms with E-state index in [4.69, 9.17) is 23.2 Å². The van der Waals surface area contributed by atoms with Gasteiger partial charge in [0.05, 0.1) is 15.6 Å². The number of amides is 1. The van der Waals surface area contributed by atoms with E-state index in [0.717, 1.165) is 13.1 Å². The number of carbonyl (C=O) groups excluding carboxylic acids is 1. The van der Waals surface area contributed by atoms with Crippen LogP contribution in [0.15, 0.2) is 35.4 Å². The van der Waals surface area contributed by atoms with Crippen LogP contribution in [0.4, 0.5) is 5.69 Å². The SMILES string of the molecule is Cc1cc(S(=O)(=O)Nc2cc(Cl)cnc2C(=O)N2CCN(C)CC2)ccc1Cl. The van der Waals surface area contributed by atoms with Gasteiger partial charge in [-0.05, 0) is 43.8 Å². The summed E-state index contributed by atoms with van der Waals surface area (Å²) in [7, 11) is -1.97. The number of likely N-dealkylation sites (N-methyl/N-ethyl adjacent to an activating group) is 1. The molecule has 1 aliphatic rings. The highest BCUT2D eigenvalue weighted by molar-refractivity contribution is 7.92. The molecule has 1 aromatic heterocycles. The van der Waals surface area contributed by atoms with Crippen molar-refractivity contribution in [2.24, 2.45) is 0 Å². The normalized spacial score (nSPS) is 15.5. The zero-order valence-corrected chi connectivity index (χ0v) is 17.8. The summed E-state index contributed by atoms with van der Waals surface area (Å²) in [5.74, 6) is -0.338. The molecule has 1 fully saturated rings. The summed E-state index contributed by atoms with van der Waals surface area (Å²) in [6.45, 7) is 4.28. The number of aryl methyl sites for hydroxylation is 1. The number of sulfonamides is 1. The highest BCUT2D eigenvalue weighted by Gasteiger charge is 2.26. The molecule has 0 saturated carbocycles. The molecule has 3 rings (SSSR count). The van der Waals surface area contributed by atoms with Crippen LogP contribution < -0.4 is 4.72 Å². The zero-order chi connectivity index (χ0) is 20.5. The zero-order valence-electron chi connectivity index (χ0n) is 15.4. The minimum Gasteiger partial charge on any atom is -0.335 e. The molecule has 1 saturated heterocycles. The first kappa shape index (κ1) is 20.9. The number of rotatable bonds is 4. The highest BCUT2D eigenvalue weighted by atomic mass is 35.5. The van der Waals surface area contributed by atoms with Gasteiger partial charge in [0.25, 0.3) is 15.9 Å². The summed E-state index contributed by atoms with van der Waals surface area (Å²) in [4.78, 5) is 20.8. The molecule has 150 valence electrons. The summed E-state index contributed by atoms with van der Waals surface area (Å²) in [5.41, 5.74) is 0.690. The number of pyridine rings is 1. The minimum absolute atomic E-state index is 0.0169. The third-order valence-electron chi connectivity index (χ3n) is 4.53. The summed E-state index contributed by atoms with van der Waals surface area (Å²) < 4.78 is 28.1. The molecule has 0 bridgehead atoms. The van der Waals surface area contributed by atoms with Gasteiger partial charge in [0.15, 0.2) is 5.69 Å². The van der Waals surface area contributed by atoms with E-state index in [2.05, 4.69) is 14.6 Å². The molecule has 1 aromatic carbocycles. The van der Waals surface area contributed by atoms with E-state index in [1.165, 1.54) is 30.5 Å². The van der Waals surface area contributed by atoms with E-state index >= 15 is 0 Å². The van der Waals surface area contributed by atoms with Gasteiger partial charge in [-0.2, -0.15) is 0 Å². The van der Waals surface area contributed by atoms with Crippen molar-refractivity contribution in [2.75, 3.05) is 37.9 Å². The van der Waals surface area contributed by atoms with Crippen LogP contribution in [0.1, 0.15) is 16.1 Å². The standard InChI is InChI=1S/C18H20Cl2N4O3S/c1-12-9-14(3-4-15(12)20)28(26,27)22-16-10-13(19)11-21-17(16)18(25)24-7-5-23(2)6-8-24/h3-4,9-11,22H,5-8H2,1-2H3. The molecule has 0 spiro atoms. The Labute approximate surface area is 174 Å². The van der Waals surface area contributed by atoms with Crippen molar-refractivity contribution >= 4 is 44.8 Å². The molecule has 0 aliphatic carbocycles. The fourth-order valence-corrected chi connectivity index (χ4v) is 4.25. The van der Waals surface area contributed by atoms with E-state index in [1.807, 2.05) is 7.05 Å². The Morgan fingerprint density at radius 3 is 2.46 bits per heavy atom. The minimum atomic E-state index is -3.95. The molecule has 0 atom stereocenters. The number of carbonyl (C=O) groups is 1. The molecular weight excluding hydrogens is 423 g/mol. The number of anilines is 1. The van der Waals surface area contributed by atoms with Gasteiger partial charge in [-0.25, -0.2) is 13.4 Å². The van der Waals surface area contributed by atoms with Crippen LogP contribution in [0.5, 0.6) is 0 Å². The van der Waals surface area contributed by atoms with Crippen molar-refractivity contribution in [1.82, 2.24) is 14.8 Å². The number of halogens is 2. The van der Waals surface area contributed by atoms with Crippen LogP contribution in [0.2, 0.25) is 10.0 Å². The lowest BCUT2D eigenvalue weighted by Gasteiger charge is -2.32. The van der Waals surface area contributed by atoms with Crippen LogP contribution in [-0.4, -0.2) is 62.3 Å². The number of benzene rings is 1. The highest BCUT2D eigenvalue weighted by Crippen LogP contribution is 2.25. The van der Waals surface area contributed by atoms with Gasteiger partial charge in [-0.3, -0.25) is 9.52 Å². The summed E-state index contributed by atoms with van der Waals surface area (Å²) >= 11 is 12.0. The number of piperazine rings is 1. The molecule has 10 heteroatoms. The summed E-state index contributed by atoms with van der Waals surface area (Å²) in [6.07, 6.45) is 1.33. The average Bonchev–Trinajstić information content (AvgIpc) is 2.64. The predicted molar refractivity (Wildman–Crippen MR) is 110 cm³/mol. The molecule has 28 heavy (non-hydrogen) atoms. The van der Waals surface area contributed by atoms with Crippen LogP contribution in [0, 0.1) is 6.92 Å². The van der Waals surface area contributed by atoms with E-state index in [9.17, 15) is 13.2 Å². The molecular formula is C18H20Cl2N4O3S. The van der Waals surface area contributed by atoms with Gasteiger partial charge in [-0.15, -0.1) is 0 Å². The average molecular weight is 443 g/mol. The fraction of sp³-hybridized carbons (Fsp3) is 0.333. The quantitative estimate of drug-likeness (QED) is 0.786. The number of nitrogens with zero attached hydrogens (tertiary/aromatic N) is 3. The van der Waals surface area contributed by atoms with Gasteiger partial charge < -0.3 is 9.80 Å². The lowest BCUT2D eigenvalue weighted by Crippen LogP contribution is -2.47. The topological polar surface area (TPSA) is 82.6 Å². The Morgan fingerprint density at radius 1 is 1.14 bits per heavy atom. The molecule has 0 unspecified atom stereocenters. The van der Waals surface area contributed by atoms with Crippen LogP contribution >= 0.6 is 23.2 Å². The third kappa shape index (κ3) is 4.57. The molecule has 1 amide bonds. The lowest BCUT2D eigenvalue weighted by atomic mass is 10.2. The van der Waals surface area contributed by atoms with Gasteiger partial charge in [0.2, 0.25) is 0 Å². The van der Waals surface area contributed by atoms with Gasteiger partial charge in [-0.1, -0.05) is 23.2 Å². The molecule has 2 heterocycles. The van der Waals surface area contributed by atoms with Crippen LogP contribution in [0.25, 0.3) is 0 Å². The maximum Gasteiger partial charge on any atom is 0.274 e. The van der Waals surface area contributed by atoms with E-state index < -0.39 is 10.0 Å². The second-order valence-corrected chi connectivity index (χ2v) is 9.19. The smallest absolute Gasteiger partial charge is 0.274 e. The van der Waals surface area contributed by atoms with E-state index in [1.54, 1.807) is 11.8 Å². The first-order valence-corrected chi connectivity index (χ1v) is 10.8. The number of hydrogen-bond donors (Lipinski definition) is 1. The molecule has 2 aromatic rings.